The molecule has 0 aliphatic carbocycles. The second kappa shape index (κ2) is 12.9. The highest BCUT2D eigenvalue weighted by Gasteiger charge is 2.21. The van der Waals surface area contributed by atoms with Gasteiger partial charge in [0.15, 0.2) is 11.6 Å². The predicted octanol–water partition coefficient (Wildman–Crippen LogP) is 7.99. The van der Waals surface area contributed by atoms with Crippen molar-refractivity contribution < 1.29 is 27.8 Å². The molecule has 5 aromatic rings. The van der Waals surface area contributed by atoms with Gasteiger partial charge in [-0.2, -0.15) is 0 Å². The number of furan rings is 1. The number of aryl methyl sites for hydroxylation is 3. The zero-order valence-corrected chi connectivity index (χ0v) is 25.1. The summed E-state index contributed by atoms with van der Waals surface area (Å²) >= 11 is 1.51. The smallest absolute Gasteiger partial charge is 0.261 e. The first kappa shape index (κ1) is 30.2. The van der Waals surface area contributed by atoms with E-state index in [1.54, 1.807) is 31.4 Å². The summed E-state index contributed by atoms with van der Waals surface area (Å²) in [5.74, 6) is 0.676. The van der Waals surface area contributed by atoms with Gasteiger partial charge in [0.05, 0.1) is 12.0 Å². The predicted molar refractivity (Wildman–Crippen MR) is 167 cm³/mol. The van der Waals surface area contributed by atoms with Crippen LogP contribution in [0.3, 0.4) is 0 Å². The van der Waals surface area contributed by atoms with E-state index in [0.717, 1.165) is 46.0 Å². The van der Waals surface area contributed by atoms with Crippen molar-refractivity contribution in [3.8, 4) is 39.7 Å². The molecule has 10 heteroatoms. The minimum absolute atomic E-state index is 0.0501. The first-order valence-electron chi connectivity index (χ1n) is 13.8. The van der Waals surface area contributed by atoms with Gasteiger partial charge in [-0.1, -0.05) is 18.9 Å². The number of nitrogens with zero attached hydrogens (tertiary/aromatic N) is 1. The molecule has 0 fully saturated rings. The van der Waals surface area contributed by atoms with Crippen molar-refractivity contribution in [2.45, 2.75) is 27.2 Å². The van der Waals surface area contributed by atoms with E-state index in [1.807, 2.05) is 39.0 Å². The van der Waals surface area contributed by atoms with E-state index in [4.69, 9.17) is 19.0 Å². The van der Waals surface area contributed by atoms with Crippen LogP contribution in [0.1, 0.15) is 24.5 Å². The molecule has 2 N–H and O–H groups in total. The normalized spacial score (nSPS) is 11.2. The highest BCUT2D eigenvalue weighted by atomic mass is 32.2. The van der Waals surface area contributed by atoms with E-state index in [2.05, 4.69) is 4.72 Å². The molecule has 2 heterocycles. The van der Waals surface area contributed by atoms with Crippen molar-refractivity contribution in [2.75, 3.05) is 23.7 Å². The van der Waals surface area contributed by atoms with Crippen LogP contribution >= 0.6 is 11.9 Å². The van der Waals surface area contributed by atoms with E-state index in [9.17, 15) is 13.6 Å². The summed E-state index contributed by atoms with van der Waals surface area (Å²) in [7, 11) is 1.65. The van der Waals surface area contributed by atoms with Crippen LogP contribution < -0.4 is 19.8 Å². The standard InChI is InChI=1S/C33H32F2N2O5S/c1-5-43-36-23-8-10-28(41-29-9-7-22(34)15-27(29)35)24(16-23)26-18-37(4)33(39)25-17-30(42-32(25)26)21-13-19(2)31(20(3)14-21)40-12-6-11-38/h7-10,13-18,36,38H,5-6,11-12H2,1-4H3. The summed E-state index contributed by atoms with van der Waals surface area (Å²) in [6, 6.07) is 14.0. The number of hydrogen-bond donors (Lipinski definition) is 2. The molecule has 0 saturated carbocycles. The quantitative estimate of drug-likeness (QED) is 0.116. The van der Waals surface area contributed by atoms with Crippen LogP contribution in [-0.2, 0) is 7.05 Å². The van der Waals surface area contributed by atoms with E-state index >= 15 is 0 Å². The first-order chi connectivity index (χ1) is 20.7. The molecular formula is C33H32F2N2O5S. The Morgan fingerprint density at radius 3 is 2.44 bits per heavy atom. The Morgan fingerprint density at radius 1 is 1.00 bits per heavy atom. The summed E-state index contributed by atoms with van der Waals surface area (Å²) in [5, 5.41) is 9.46. The molecule has 0 bridgehead atoms. The third-order valence-corrected chi connectivity index (χ3v) is 7.53. The Hall–Kier alpha value is -4.28. The lowest BCUT2D eigenvalue weighted by molar-refractivity contribution is 0.232. The van der Waals surface area contributed by atoms with Crippen molar-refractivity contribution in [1.29, 1.82) is 0 Å². The topological polar surface area (TPSA) is 85.9 Å². The second-order valence-electron chi connectivity index (χ2n) is 10.1. The average molecular weight is 607 g/mol. The van der Waals surface area contributed by atoms with Crippen LogP contribution in [0.15, 0.2) is 70.0 Å². The number of ether oxygens (including phenoxy) is 2. The van der Waals surface area contributed by atoms with Crippen molar-refractivity contribution >= 4 is 28.6 Å². The minimum Gasteiger partial charge on any atom is -0.493 e. The Labute approximate surface area is 252 Å². The maximum absolute atomic E-state index is 14.6. The fraction of sp³-hybridized carbons (Fsp3) is 0.242. The van der Waals surface area contributed by atoms with Gasteiger partial charge in [-0.3, -0.25) is 4.79 Å². The fourth-order valence-corrected chi connectivity index (χ4v) is 5.31. The Bertz CT molecular complexity index is 1830. The number of fused-ring (bicyclic) bond motifs is 1. The number of rotatable bonds is 11. The molecule has 3 aromatic carbocycles. The molecule has 0 amide bonds. The molecule has 0 aliphatic heterocycles. The third kappa shape index (κ3) is 6.40. The van der Waals surface area contributed by atoms with Crippen LogP contribution in [0.25, 0.3) is 33.4 Å². The van der Waals surface area contributed by atoms with Gasteiger partial charge in [-0.05, 0) is 73.5 Å². The lowest BCUT2D eigenvalue weighted by Crippen LogP contribution is -2.15. The van der Waals surface area contributed by atoms with Crippen molar-refractivity contribution in [2.24, 2.45) is 7.05 Å². The zero-order valence-electron chi connectivity index (χ0n) is 24.3. The van der Waals surface area contributed by atoms with E-state index < -0.39 is 11.6 Å². The number of nitrogens with one attached hydrogen (secondary N) is 1. The molecule has 0 radical (unpaired) electrons. The van der Waals surface area contributed by atoms with Crippen molar-refractivity contribution in [3.05, 3.63) is 93.9 Å². The van der Waals surface area contributed by atoms with Gasteiger partial charge in [0, 0.05) is 60.5 Å². The fourth-order valence-electron chi connectivity index (χ4n) is 4.87. The van der Waals surface area contributed by atoms with Crippen molar-refractivity contribution in [1.82, 2.24) is 4.57 Å². The summed E-state index contributed by atoms with van der Waals surface area (Å²) in [6.45, 7) is 6.34. The van der Waals surface area contributed by atoms with Gasteiger partial charge in [-0.25, -0.2) is 8.78 Å². The number of halogens is 2. The summed E-state index contributed by atoms with van der Waals surface area (Å²) < 4.78 is 51.1. The monoisotopic (exact) mass is 606 g/mol. The zero-order chi connectivity index (χ0) is 30.7. The van der Waals surface area contributed by atoms with Gasteiger partial charge in [0.25, 0.3) is 5.56 Å². The van der Waals surface area contributed by atoms with Crippen molar-refractivity contribution in [3.63, 3.8) is 0 Å². The molecular weight excluding hydrogens is 574 g/mol. The van der Waals surface area contributed by atoms with Gasteiger partial charge in [0.2, 0.25) is 0 Å². The molecule has 224 valence electrons. The highest BCUT2D eigenvalue weighted by molar-refractivity contribution is 8.00. The van der Waals surface area contributed by atoms with Crippen LogP contribution in [0, 0.1) is 25.5 Å². The number of aromatic nitrogens is 1. The minimum atomic E-state index is -0.838. The molecule has 0 atom stereocenters. The number of hydrogen-bond acceptors (Lipinski definition) is 7. The van der Waals surface area contributed by atoms with Crippen LogP contribution in [0.4, 0.5) is 14.5 Å². The van der Waals surface area contributed by atoms with E-state index in [0.29, 0.717) is 46.6 Å². The van der Waals surface area contributed by atoms with Gasteiger partial charge in [-0.15, -0.1) is 0 Å². The number of benzene rings is 3. The van der Waals surface area contributed by atoms with Crippen LogP contribution in [0.5, 0.6) is 17.2 Å². The molecule has 5 rings (SSSR count). The highest BCUT2D eigenvalue weighted by Crippen LogP contribution is 2.41. The van der Waals surface area contributed by atoms with Crippen LogP contribution in [-0.4, -0.2) is 28.6 Å². The average Bonchev–Trinajstić information content (AvgIpc) is 3.43. The largest absolute Gasteiger partial charge is 0.493 e. The summed E-state index contributed by atoms with van der Waals surface area (Å²) in [6.07, 6.45) is 2.19. The Kier molecular flexibility index (Phi) is 9.08. The first-order valence-corrected chi connectivity index (χ1v) is 14.8. The number of aliphatic hydroxyl groups excluding tert-OH is 1. The number of anilines is 1. The van der Waals surface area contributed by atoms with Gasteiger partial charge in [0.1, 0.15) is 28.7 Å². The SMILES string of the molecule is CCSNc1ccc(Oc2ccc(F)cc2F)c(-c2cn(C)c(=O)c3cc(-c4cc(C)c(OCCCO)c(C)c4)oc23)c1. The van der Waals surface area contributed by atoms with E-state index in [-0.39, 0.29) is 17.9 Å². The molecule has 0 aliphatic rings. The number of pyridine rings is 1. The van der Waals surface area contributed by atoms with Gasteiger partial charge >= 0.3 is 0 Å². The molecule has 2 aromatic heterocycles. The third-order valence-electron chi connectivity index (χ3n) is 6.86. The summed E-state index contributed by atoms with van der Waals surface area (Å²) in [5.41, 5.74) is 4.54. The summed E-state index contributed by atoms with van der Waals surface area (Å²) in [4.78, 5) is 13.3. The maximum Gasteiger partial charge on any atom is 0.261 e. The number of aliphatic hydroxyl groups is 1. The second-order valence-corrected chi connectivity index (χ2v) is 11.2. The molecule has 43 heavy (non-hydrogen) atoms. The Balaban J connectivity index is 1.65. The van der Waals surface area contributed by atoms with E-state index in [1.165, 1.54) is 22.6 Å². The molecule has 0 saturated heterocycles. The molecule has 7 nitrogen and oxygen atoms in total. The van der Waals surface area contributed by atoms with Crippen LogP contribution in [0.2, 0.25) is 0 Å². The lowest BCUT2D eigenvalue weighted by Gasteiger charge is -2.15. The lowest BCUT2D eigenvalue weighted by atomic mass is 10.0. The Morgan fingerprint density at radius 2 is 1.74 bits per heavy atom. The molecule has 0 spiro atoms. The molecule has 0 unspecified atom stereocenters. The maximum atomic E-state index is 14.6. The van der Waals surface area contributed by atoms with Gasteiger partial charge < -0.3 is 28.3 Å².